The maximum atomic E-state index is 14.0. The number of carboxylic acid groups (broad SMARTS) is 2. The summed E-state index contributed by atoms with van der Waals surface area (Å²) in [5, 5.41) is 25.1. The van der Waals surface area contributed by atoms with Gasteiger partial charge in [0.25, 0.3) is 0 Å². The Morgan fingerprint density at radius 2 is 1.88 bits per heavy atom. The Labute approximate surface area is 238 Å². The van der Waals surface area contributed by atoms with E-state index in [9.17, 15) is 28.4 Å². The van der Waals surface area contributed by atoms with Gasteiger partial charge in [0.1, 0.15) is 0 Å². The van der Waals surface area contributed by atoms with Crippen LogP contribution in [0.1, 0.15) is 28.8 Å². The van der Waals surface area contributed by atoms with Gasteiger partial charge in [0.2, 0.25) is 0 Å². The number of aryl methyl sites for hydroxylation is 1. The van der Waals surface area contributed by atoms with Crippen LogP contribution >= 0.6 is 10.2 Å². The summed E-state index contributed by atoms with van der Waals surface area (Å²) < 4.78 is 19.9. The summed E-state index contributed by atoms with van der Waals surface area (Å²) >= 11 is -0.542. The second-order valence-corrected chi connectivity index (χ2v) is 12.5. The van der Waals surface area contributed by atoms with Gasteiger partial charge in [-0.1, -0.05) is 0 Å². The summed E-state index contributed by atoms with van der Waals surface area (Å²) in [6.45, 7) is 0.935. The number of carboxylic acids is 2. The summed E-state index contributed by atoms with van der Waals surface area (Å²) in [5.74, 6) is -4.49. The van der Waals surface area contributed by atoms with Crippen molar-refractivity contribution in [3.63, 3.8) is 0 Å². The van der Waals surface area contributed by atoms with Crippen molar-refractivity contribution in [3.05, 3.63) is 53.3 Å². The molecule has 12 nitrogen and oxygen atoms in total. The molecule has 15 heteroatoms. The molecule has 0 fully saturated rings. The Bertz CT molecular complexity index is 1270. The molecule has 2 aromatic carbocycles. The van der Waals surface area contributed by atoms with Crippen molar-refractivity contribution < 1.29 is 43.3 Å². The summed E-state index contributed by atoms with van der Waals surface area (Å²) in [6.07, 6.45) is -0.422. The van der Waals surface area contributed by atoms with Crippen molar-refractivity contribution >= 4 is 63.8 Å². The van der Waals surface area contributed by atoms with Crippen LogP contribution in [0.5, 0.6) is 5.75 Å². The van der Waals surface area contributed by atoms with Gasteiger partial charge in [-0.3, -0.25) is 0 Å². The van der Waals surface area contributed by atoms with E-state index < -0.39 is 67.9 Å². The predicted octanol–water partition coefficient (Wildman–Crippen LogP) is 0.250. The standard InChI is InChI=1S/C25H29FN4O8SSe/c1-13-6-7-14(10-16(13)26)29-23(34)15-4-3-5-19(38-2)22(15)40-39-12-18(24(35)28-11-21(32)33)30-20(31)9-8-17(27)25(36)37/h3-7,10,17-18H,8-9,11-12,27H2,1-2H3,(H,28,35)(H,29,34)(H,30,31)(H,32,33)(H,36,37). The Morgan fingerprint density at radius 3 is 2.50 bits per heavy atom. The first kappa shape index (κ1) is 32.6. The Morgan fingerprint density at radius 1 is 1.15 bits per heavy atom. The Hall–Kier alpha value is -3.65. The van der Waals surface area contributed by atoms with E-state index in [0.29, 0.717) is 15.8 Å². The van der Waals surface area contributed by atoms with E-state index in [0.717, 1.165) is 0 Å². The molecule has 40 heavy (non-hydrogen) atoms. The number of halogens is 1. The molecule has 0 spiro atoms. The van der Waals surface area contributed by atoms with Gasteiger partial charge in [-0.25, -0.2) is 0 Å². The Kier molecular flexibility index (Phi) is 12.9. The second kappa shape index (κ2) is 15.8. The molecule has 3 amide bonds. The zero-order chi connectivity index (χ0) is 29.8. The van der Waals surface area contributed by atoms with Gasteiger partial charge in [-0.05, 0) is 0 Å². The first-order valence-corrected chi connectivity index (χ1v) is 15.6. The minimum absolute atomic E-state index is 0.00442. The maximum absolute atomic E-state index is 14.0. The molecule has 0 aliphatic carbocycles. The summed E-state index contributed by atoms with van der Waals surface area (Å²) in [7, 11) is 2.65. The zero-order valence-corrected chi connectivity index (χ0v) is 24.1. The number of hydrogen-bond donors (Lipinski definition) is 6. The van der Waals surface area contributed by atoms with Crippen LogP contribution in [-0.4, -0.2) is 85.2 Å². The molecule has 0 aliphatic rings. The number of carbonyl (C=O) groups excluding carboxylic acids is 3. The molecule has 0 heterocycles. The molecule has 0 aliphatic heterocycles. The molecule has 216 valence electrons. The van der Waals surface area contributed by atoms with Crippen LogP contribution in [-0.2, 0) is 19.2 Å². The van der Waals surface area contributed by atoms with E-state index >= 15 is 0 Å². The topological polar surface area (TPSA) is 197 Å². The molecule has 0 saturated carbocycles. The number of nitrogens with two attached hydrogens (primary N) is 1. The molecule has 2 unspecified atom stereocenters. The Balaban J connectivity index is 2.16. The molecule has 2 aromatic rings. The van der Waals surface area contributed by atoms with Gasteiger partial charge in [0.15, 0.2) is 0 Å². The molecule has 2 rings (SSSR count). The van der Waals surface area contributed by atoms with Gasteiger partial charge in [-0.2, -0.15) is 0 Å². The van der Waals surface area contributed by atoms with Crippen molar-refractivity contribution in [2.75, 3.05) is 24.7 Å². The number of carbonyl (C=O) groups is 5. The van der Waals surface area contributed by atoms with Crippen molar-refractivity contribution in [2.24, 2.45) is 5.73 Å². The quantitative estimate of drug-likeness (QED) is 0.146. The van der Waals surface area contributed by atoms with Crippen LogP contribution in [0.15, 0.2) is 36.4 Å². The number of methoxy groups -OCH3 is 1. The van der Waals surface area contributed by atoms with Crippen LogP contribution in [0.25, 0.3) is 0 Å². The van der Waals surface area contributed by atoms with E-state index in [1.165, 1.54) is 29.4 Å². The van der Waals surface area contributed by atoms with E-state index in [1.807, 2.05) is 0 Å². The van der Waals surface area contributed by atoms with E-state index in [1.54, 1.807) is 31.2 Å². The van der Waals surface area contributed by atoms with Crippen LogP contribution in [0, 0.1) is 12.7 Å². The number of benzene rings is 2. The number of nitrogens with one attached hydrogen (secondary N) is 3. The van der Waals surface area contributed by atoms with E-state index in [4.69, 9.17) is 20.7 Å². The van der Waals surface area contributed by atoms with Crippen LogP contribution in [0.4, 0.5) is 10.1 Å². The van der Waals surface area contributed by atoms with Crippen LogP contribution < -0.4 is 30.9 Å². The third-order valence-corrected chi connectivity index (χ3v) is 9.60. The number of hydrogen-bond acceptors (Lipinski definition) is 8. The molecular formula is C25H29FN4O8SSe. The fourth-order valence-corrected chi connectivity index (χ4v) is 7.61. The number of ether oxygens (including phenoxy) is 1. The first-order chi connectivity index (χ1) is 18.9. The van der Waals surface area contributed by atoms with Gasteiger partial charge >= 0.3 is 239 Å². The van der Waals surface area contributed by atoms with Crippen molar-refractivity contribution in [1.29, 1.82) is 0 Å². The minimum atomic E-state index is -1.28. The summed E-state index contributed by atoms with van der Waals surface area (Å²) in [6, 6.07) is 6.77. The monoisotopic (exact) mass is 644 g/mol. The molecule has 0 aromatic heterocycles. The van der Waals surface area contributed by atoms with Crippen LogP contribution in [0.2, 0.25) is 0 Å². The van der Waals surface area contributed by atoms with Gasteiger partial charge in [0.05, 0.1) is 0 Å². The van der Waals surface area contributed by atoms with E-state index in [2.05, 4.69) is 16.0 Å². The summed E-state index contributed by atoms with van der Waals surface area (Å²) in [5.41, 5.74) is 6.39. The average Bonchev–Trinajstić information content (AvgIpc) is 2.91. The van der Waals surface area contributed by atoms with E-state index in [-0.39, 0.29) is 29.8 Å². The molecular weight excluding hydrogens is 614 g/mol. The number of amides is 3. The summed E-state index contributed by atoms with van der Waals surface area (Å²) in [4.78, 5) is 59.8. The molecule has 0 bridgehead atoms. The second-order valence-electron chi connectivity index (χ2n) is 8.34. The van der Waals surface area contributed by atoms with Crippen LogP contribution in [0.3, 0.4) is 0 Å². The number of rotatable bonds is 15. The SMILES string of the molecule is COc1cccc(C(=O)Nc2ccc(C)c(F)c2)c1[Se]SCC(NC(=O)CCC(N)C(=O)O)C(=O)NCC(=O)O. The van der Waals surface area contributed by atoms with Crippen molar-refractivity contribution in [3.8, 4) is 5.75 Å². The normalized spacial score (nSPS) is 12.1. The third-order valence-electron chi connectivity index (χ3n) is 5.32. The number of aliphatic carboxylic acids is 2. The van der Waals surface area contributed by atoms with Gasteiger partial charge < -0.3 is 0 Å². The average molecular weight is 644 g/mol. The van der Waals surface area contributed by atoms with Crippen molar-refractivity contribution in [1.82, 2.24) is 10.6 Å². The number of anilines is 1. The predicted molar refractivity (Wildman–Crippen MR) is 147 cm³/mol. The van der Waals surface area contributed by atoms with Gasteiger partial charge in [0, 0.05) is 0 Å². The molecule has 2 atom stereocenters. The first-order valence-electron chi connectivity index (χ1n) is 11.7. The van der Waals surface area contributed by atoms with Crippen molar-refractivity contribution in [2.45, 2.75) is 31.8 Å². The third kappa shape index (κ3) is 10.2. The fraction of sp³-hybridized carbons (Fsp3) is 0.320. The van der Waals surface area contributed by atoms with Gasteiger partial charge in [-0.15, -0.1) is 0 Å². The fourth-order valence-electron chi connectivity index (χ4n) is 3.12. The molecule has 7 N–H and O–H groups in total. The zero-order valence-electron chi connectivity index (χ0n) is 21.6. The molecule has 0 radical (unpaired) electrons. The molecule has 0 saturated heterocycles.